The van der Waals surface area contributed by atoms with Gasteiger partial charge in [-0.3, -0.25) is 4.72 Å². The molecular weight excluding hydrogens is 308 g/mol. The van der Waals surface area contributed by atoms with E-state index in [2.05, 4.69) is 18.6 Å². The molecule has 0 heterocycles. The van der Waals surface area contributed by atoms with Crippen LogP contribution in [0.2, 0.25) is 5.02 Å². The predicted octanol–water partition coefficient (Wildman–Crippen LogP) is 3.85. The Labute approximate surface area is 130 Å². The van der Waals surface area contributed by atoms with Crippen LogP contribution < -0.4 is 10.5 Å². The minimum Gasteiger partial charge on any atom is -0.399 e. The Morgan fingerprint density at radius 3 is 2.24 bits per heavy atom. The first-order valence-electron chi connectivity index (χ1n) is 6.47. The maximum Gasteiger partial charge on any atom is 0.263 e. The number of benzene rings is 2. The number of nitrogens with one attached hydrogen (secondary N) is 1. The van der Waals surface area contributed by atoms with Crippen molar-refractivity contribution in [3.05, 3.63) is 53.1 Å². The van der Waals surface area contributed by atoms with Gasteiger partial charge in [0.25, 0.3) is 10.0 Å². The quantitative estimate of drug-likeness (QED) is 0.839. The van der Waals surface area contributed by atoms with Crippen LogP contribution in [0.3, 0.4) is 0 Å². The summed E-state index contributed by atoms with van der Waals surface area (Å²) < 4.78 is 27.1. The Kier molecular flexibility index (Phi) is 4.44. The number of nitrogen functional groups attached to an aromatic ring is 1. The Morgan fingerprint density at radius 2 is 1.71 bits per heavy atom. The number of anilines is 2. The summed E-state index contributed by atoms with van der Waals surface area (Å²) in [5.41, 5.74) is 7.62. The van der Waals surface area contributed by atoms with E-state index >= 15 is 0 Å². The zero-order valence-corrected chi connectivity index (χ0v) is 13.4. The molecule has 0 amide bonds. The zero-order valence-electron chi connectivity index (χ0n) is 11.8. The van der Waals surface area contributed by atoms with E-state index < -0.39 is 10.0 Å². The number of rotatable bonds is 4. The first-order valence-corrected chi connectivity index (χ1v) is 8.33. The van der Waals surface area contributed by atoms with Gasteiger partial charge in [0.2, 0.25) is 0 Å². The molecule has 0 bridgehead atoms. The summed E-state index contributed by atoms with van der Waals surface area (Å²) in [5, 5.41) is 0.0984. The molecule has 6 heteroatoms. The maximum atomic E-state index is 12.3. The van der Waals surface area contributed by atoms with Crippen molar-refractivity contribution in [3.8, 4) is 0 Å². The lowest BCUT2D eigenvalue weighted by Gasteiger charge is -2.11. The highest BCUT2D eigenvalue weighted by Gasteiger charge is 2.18. The van der Waals surface area contributed by atoms with Crippen molar-refractivity contribution in [2.45, 2.75) is 24.7 Å². The van der Waals surface area contributed by atoms with Crippen LogP contribution in [0, 0.1) is 0 Å². The van der Waals surface area contributed by atoms with Crippen molar-refractivity contribution in [2.75, 3.05) is 10.5 Å². The van der Waals surface area contributed by atoms with Crippen molar-refractivity contribution in [3.63, 3.8) is 0 Å². The Balaban J connectivity index is 2.28. The first kappa shape index (κ1) is 15.7. The molecule has 0 atom stereocenters. The van der Waals surface area contributed by atoms with Gasteiger partial charge in [0.15, 0.2) is 0 Å². The molecule has 0 aliphatic carbocycles. The van der Waals surface area contributed by atoms with Crippen molar-refractivity contribution in [2.24, 2.45) is 0 Å². The molecule has 0 saturated carbocycles. The molecule has 0 aromatic heterocycles. The lowest BCUT2D eigenvalue weighted by atomic mass is 10.0. The summed E-state index contributed by atoms with van der Waals surface area (Å²) in [6.07, 6.45) is 0. The molecule has 0 spiro atoms. The Morgan fingerprint density at radius 1 is 1.10 bits per heavy atom. The van der Waals surface area contributed by atoms with Crippen LogP contribution >= 0.6 is 11.6 Å². The average Bonchev–Trinajstić information content (AvgIpc) is 2.38. The topological polar surface area (TPSA) is 72.2 Å². The number of nitrogens with two attached hydrogens (primary N) is 1. The smallest absolute Gasteiger partial charge is 0.263 e. The SMILES string of the molecule is CC(C)c1ccc(NS(=O)(=O)c2ccc(N)cc2Cl)cc1. The van der Waals surface area contributed by atoms with Gasteiger partial charge in [-0.1, -0.05) is 37.6 Å². The second-order valence-corrected chi connectivity index (χ2v) is 7.13. The monoisotopic (exact) mass is 324 g/mol. The minimum absolute atomic E-state index is 0.00584. The molecule has 4 nitrogen and oxygen atoms in total. The summed E-state index contributed by atoms with van der Waals surface area (Å²) >= 11 is 5.95. The van der Waals surface area contributed by atoms with Gasteiger partial charge in [0.05, 0.1) is 5.02 Å². The fourth-order valence-corrected chi connectivity index (χ4v) is 3.49. The highest BCUT2D eigenvalue weighted by molar-refractivity contribution is 7.92. The first-order chi connectivity index (χ1) is 9.79. The molecule has 0 saturated heterocycles. The molecule has 112 valence electrons. The predicted molar refractivity (Wildman–Crippen MR) is 87.2 cm³/mol. The van der Waals surface area contributed by atoms with E-state index in [0.717, 1.165) is 5.56 Å². The van der Waals surface area contributed by atoms with Gasteiger partial charge >= 0.3 is 0 Å². The van der Waals surface area contributed by atoms with Crippen molar-refractivity contribution < 1.29 is 8.42 Å². The summed E-state index contributed by atoms with van der Waals surface area (Å²) in [7, 11) is -3.73. The third-order valence-electron chi connectivity index (χ3n) is 3.08. The van der Waals surface area contributed by atoms with Crippen LogP contribution in [0.4, 0.5) is 11.4 Å². The van der Waals surface area contributed by atoms with E-state index in [4.69, 9.17) is 17.3 Å². The molecule has 0 unspecified atom stereocenters. The van der Waals surface area contributed by atoms with Gasteiger partial charge in [-0.05, 0) is 41.8 Å². The van der Waals surface area contributed by atoms with Crippen LogP contribution in [0.25, 0.3) is 0 Å². The summed E-state index contributed by atoms with van der Waals surface area (Å²) in [6, 6.07) is 11.6. The molecule has 0 aliphatic rings. The van der Waals surface area contributed by atoms with E-state index in [1.807, 2.05) is 12.1 Å². The molecule has 0 radical (unpaired) electrons. The van der Waals surface area contributed by atoms with Crippen molar-refractivity contribution in [1.29, 1.82) is 0 Å². The standard InChI is InChI=1S/C15H17ClN2O2S/c1-10(2)11-3-6-13(7-4-11)18-21(19,20)15-8-5-12(17)9-14(15)16/h3-10,18H,17H2,1-2H3. The second-order valence-electron chi connectivity index (χ2n) is 5.07. The fraction of sp³-hybridized carbons (Fsp3) is 0.200. The molecule has 0 aliphatic heterocycles. The number of hydrogen-bond donors (Lipinski definition) is 2. The zero-order chi connectivity index (χ0) is 15.6. The van der Waals surface area contributed by atoms with Gasteiger partial charge in [0.1, 0.15) is 4.90 Å². The van der Waals surface area contributed by atoms with Crippen LogP contribution in [0.15, 0.2) is 47.4 Å². The van der Waals surface area contributed by atoms with Crippen molar-refractivity contribution >= 4 is 33.0 Å². The van der Waals surface area contributed by atoms with Crippen LogP contribution in [-0.4, -0.2) is 8.42 Å². The third-order valence-corrected chi connectivity index (χ3v) is 4.94. The highest BCUT2D eigenvalue weighted by Crippen LogP contribution is 2.26. The summed E-state index contributed by atoms with van der Waals surface area (Å²) in [5.74, 6) is 0.391. The molecule has 2 rings (SSSR count). The van der Waals surface area contributed by atoms with Gasteiger partial charge < -0.3 is 5.73 Å². The van der Waals surface area contributed by atoms with E-state index in [1.165, 1.54) is 18.2 Å². The van der Waals surface area contributed by atoms with Crippen LogP contribution in [-0.2, 0) is 10.0 Å². The Bertz CT molecular complexity index is 741. The third kappa shape index (κ3) is 3.68. The minimum atomic E-state index is -3.73. The maximum absolute atomic E-state index is 12.3. The fourth-order valence-electron chi connectivity index (χ4n) is 1.88. The van der Waals surface area contributed by atoms with Gasteiger partial charge in [-0.25, -0.2) is 8.42 Å². The van der Waals surface area contributed by atoms with Crippen LogP contribution in [0.5, 0.6) is 0 Å². The largest absolute Gasteiger partial charge is 0.399 e. The van der Waals surface area contributed by atoms with Crippen LogP contribution in [0.1, 0.15) is 25.3 Å². The lowest BCUT2D eigenvalue weighted by molar-refractivity contribution is 0.601. The van der Waals surface area contributed by atoms with Gasteiger partial charge in [-0.15, -0.1) is 0 Å². The van der Waals surface area contributed by atoms with E-state index in [0.29, 0.717) is 17.3 Å². The average molecular weight is 325 g/mol. The summed E-state index contributed by atoms with van der Waals surface area (Å²) in [4.78, 5) is 0.00584. The van der Waals surface area contributed by atoms with Gasteiger partial charge in [-0.2, -0.15) is 0 Å². The highest BCUT2D eigenvalue weighted by atomic mass is 35.5. The molecule has 0 fully saturated rings. The molecule has 21 heavy (non-hydrogen) atoms. The number of sulfonamides is 1. The molecule has 2 aromatic carbocycles. The lowest BCUT2D eigenvalue weighted by Crippen LogP contribution is -2.13. The number of halogens is 1. The molecule has 2 aromatic rings. The number of hydrogen-bond acceptors (Lipinski definition) is 3. The van der Waals surface area contributed by atoms with Gasteiger partial charge in [0, 0.05) is 11.4 Å². The molecule has 3 N–H and O–H groups in total. The second kappa shape index (κ2) is 5.95. The summed E-state index contributed by atoms with van der Waals surface area (Å²) in [6.45, 7) is 4.15. The van der Waals surface area contributed by atoms with E-state index in [9.17, 15) is 8.42 Å². The Hall–Kier alpha value is -1.72. The molecular formula is C15H17ClN2O2S. The van der Waals surface area contributed by atoms with Crippen molar-refractivity contribution in [1.82, 2.24) is 0 Å². The van der Waals surface area contributed by atoms with E-state index in [1.54, 1.807) is 12.1 Å². The van der Waals surface area contributed by atoms with E-state index in [-0.39, 0.29) is 9.92 Å². The normalized spacial score (nSPS) is 11.6.